The average Bonchev–Trinajstić information content (AvgIpc) is 3.36. The number of alkyl halides is 3. The maximum atomic E-state index is 13.8. The quantitative estimate of drug-likeness (QED) is 0.502. The first-order valence-electron chi connectivity index (χ1n) is 9.33. The van der Waals surface area contributed by atoms with Crippen molar-refractivity contribution in [2.45, 2.75) is 38.0 Å². The number of aromatic nitrogens is 2. The molecule has 0 bridgehead atoms. The molecular weight excluding hydrogens is 437 g/mol. The van der Waals surface area contributed by atoms with E-state index in [-0.39, 0.29) is 23.0 Å². The van der Waals surface area contributed by atoms with Gasteiger partial charge in [0.1, 0.15) is 10.8 Å². The first kappa shape index (κ1) is 20.7. The van der Waals surface area contributed by atoms with E-state index in [0.29, 0.717) is 5.69 Å². The van der Waals surface area contributed by atoms with E-state index in [0.717, 1.165) is 21.5 Å². The molecule has 0 saturated heterocycles. The Balaban J connectivity index is 1.66. The number of nitrogens with zero attached hydrogens (tertiary/aromatic N) is 2. The zero-order valence-corrected chi connectivity index (χ0v) is 17.4. The molecule has 0 radical (unpaired) electrons. The van der Waals surface area contributed by atoms with Crippen molar-refractivity contribution in [3.63, 3.8) is 0 Å². The van der Waals surface area contributed by atoms with Crippen LogP contribution in [-0.4, -0.2) is 21.9 Å². The van der Waals surface area contributed by atoms with Crippen LogP contribution in [0.1, 0.15) is 46.4 Å². The summed E-state index contributed by atoms with van der Waals surface area (Å²) in [6.07, 6.45) is -3.93. The Labute approximate surface area is 179 Å². The molecule has 30 heavy (non-hydrogen) atoms. The molecule has 3 aromatic rings. The molecule has 1 aliphatic rings. The lowest BCUT2D eigenvalue weighted by Crippen LogP contribution is -2.35. The molecule has 0 spiro atoms. The lowest BCUT2D eigenvalue weighted by Gasteiger charge is -2.32. The minimum atomic E-state index is -4.54. The molecule has 158 valence electrons. The molecule has 0 saturated carbocycles. The number of rotatable bonds is 4. The van der Waals surface area contributed by atoms with Gasteiger partial charge in [-0.3, -0.25) is 4.79 Å². The van der Waals surface area contributed by atoms with E-state index < -0.39 is 24.2 Å². The molecule has 5 nitrogen and oxygen atoms in total. The molecule has 0 aliphatic carbocycles. The second kappa shape index (κ2) is 7.96. The number of benzene rings is 1. The monoisotopic (exact) mass is 454 g/mol. The minimum absolute atomic E-state index is 0.00452. The van der Waals surface area contributed by atoms with Crippen LogP contribution in [0.2, 0.25) is 5.02 Å². The number of carbonyl (C=O) groups is 1. The molecule has 0 unspecified atom stereocenters. The molecule has 3 heterocycles. The normalized spacial score (nSPS) is 18.6. The van der Waals surface area contributed by atoms with Crippen LogP contribution in [-0.2, 0) is 6.42 Å². The van der Waals surface area contributed by atoms with Crippen molar-refractivity contribution >= 4 is 40.4 Å². The molecule has 10 heteroatoms. The smallest absolute Gasteiger partial charge is 0.361 e. The van der Waals surface area contributed by atoms with Gasteiger partial charge >= 0.3 is 6.18 Å². The summed E-state index contributed by atoms with van der Waals surface area (Å²) in [4.78, 5) is 13.5. The number of carbonyl (C=O) groups excluding carboxylic acids is 1. The van der Waals surface area contributed by atoms with Gasteiger partial charge in [-0.25, -0.2) is 4.68 Å². The number of amides is 1. The van der Waals surface area contributed by atoms with Crippen molar-refractivity contribution in [1.82, 2.24) is 9.78 Å². The summed E-state index contributed by atoms with van der Waals surface area (Å²) in [6.45, 7) is 2.01. The van der Waals surface area contributed by atoms with Crippen molar-refractivity contribution in [2.75, 3.05) is 10.6 Å². The lowest BCUT2D eigenvalue weighted by atomic mass is 10.0. The van der Waals surface area contributed by atoms with Gasteiger partial charge in [-0.15, -0.1) is 11.3 Å². The summed E-state index contributed by atoms with van der Waals surface area (Å²) < 4.78 is 42.1. The Bertz CT molecular complexity index is 1050. The number of halogens is 4. The van der Waals surface area contributed by atoms with Gasteiger partial charge in [0.15, 0.2) is 11.7 Å². The number of hydrogen-bond acceptors (Lipinski definition) is 4. The highest BCUT2D eigenvalue weighted by atomic mass is 35.5. The standard InChI is InChI=1S/C20H18ClF3N4OS/c1-2-11-5-7-12(8-6-11)25-19(29)17-16(21)18-26-13(14-4-3-9-30-14)10-15(20(22,23)24)28(18)27-17/h3-9,13,15,26H,2,10H2,1H3,(H,25,29)/t13-,15+/m0/s1. The van der Waals surface area contributed by atoms with Gasteiger partial charge in [0.25, 0.3) is 5.91 Å². The van der Waals surface area contributed by atoms with Crippen LogP contribution < -0.4 is 10.6 Å². The van der Waals surface area contributed by atoms with Gasteiger partial charge in [0, 0.05) is 17.0 Å². The van der Waals surface area contributed by atoms with Crippen molar-refractivity contribution in [1.29, 1.82) is 0 Å². The largest absolute Gasteiger partial charge is 0.410 e. The third-order valence-corrected chi connectivity index (χ3v) is 6.36. The number of anilines is 2. The number of aryl methyl sites for hydroxylation is 1. The Morgan fingerprint density at radius 2 is 2.07 bits per heavy atom. The number of hydrogen-bond donors (Lipinski definition) is 2. The molecule has 1 amide bonds. The molecule has 1 aromatic carbocycles. The van der Waals surface area contributed by atoms with E-state index >= 15 is 0 Å². The Kier molecular flexibility index (Phi) is 5.50. The first-order chi connectivity index (χ1) is 14.3. The van der Waals surface area contributed by atoms with Gasteiger partial charge in [-0.2, -0.15) is 18.3 Å². The highest BCUT2D eigenvalue weighted by Crippen LogP contribution is 2.46. The van der Waals surface area contributed by atoms with Gasteiger partial charge in [-0.1, -0.05) is 36.7 Å². The summed E-state index contributed by atoms with van der Waals surface area (Å²) >= 11 is 7.68. The molecule has 2 N–H and O–H groups in total. The van der Waals surface area contributed by atoms with Crippen LogP contribution in [0.15, 0.2) is 41.8 Å². The molecule has 2 aromatic heterocycles. The fourth-order valence-electron chi connectivity index (χ4n) is 3.42. The van der Waals surface area contributed by atoms with Crippen LogP contribution in [0.5, 0.6) is 0 Å². The van der Waals surface area contributed by atoms with Crippen LogP contribution in [0.3, 0.4) is 0 Å². The predicted octanol–water partition coefficient (Wildman–Crippen LogP) is 6.07. The van der Waals surface area contributed by atoms with Gasteiger partial charge < -0.3 is 10.6 Å². The number of fused-ring (bicyclic) bond motifs is 1. The van der Waals surface area contributed by atoms with E-state index in [1.165, 1.54) is 11.3 Å². The highest BCUT2D eigenvalue weighted by molar-refractivity contribution is 7.10. The molecule has 4 rings (SSSR count). The first-order valence-corrected chi connectivity index (χ1v) is 10.6. The third kappa shape index (κ3) is 3.91. The Hall–Kier alpha value is -2.52. The van der Waals surface area contributed by atoms with Crippen LogP contribution >= 0.6 is 22.9 Å². The molecule has 1 aliphatic heterocycles. The van der Waals surface area contributed by atoms with E-state index in [2.05, 4.69) is 15.7 Å². The van der Waals surface area contributed by atoms with Crippen LogP contribution in [0.4, 0.5) is 24.7 Å². The van der Waals surface area contributed by atoms with E-state index in [1.807, 2.05) is 19.1 Å². The maximum Gasteiger partial charge on any atom is 0.410 e. The summed E-state index contributed by atoms with van der Waals surface area (Å²) in [5.41, 5.74) is 1.36. The summed E-state index contributed by atoms with van der Waals surface area (Å²) in [5.74, 6) is -0.670. The number of thiophene rings is 1. The number of nitrogens with one attached hydrogen (secondary N) is 2. The molecular formula is C20H18ClF3N4OS. The fraction of sp³-hybridized carbons (Fsp3) is 0.300. The SMILES string of the molecule is CCc1ccc(NC(=O)c2nn3c(c2Cl)N[C@H](c2cccs2)C[C@@H]3C(F)(F)F)cc1. The zero-order chi connectivity index (χ0) is 21.5. The van der Waals surface area contributed by atoms with Crippen molar-refractivity contribution in [3.8, 4) is 0 Å². The second-order valence-electron chi connectivity index (χ2n) is 6.97. The summed E-state index contributed by atoms with van der Waals surface area (Å²) in [7, 11) is 0. The Morgan fingerprint density at radius 1 is 1.33 bits per heavy atom. The van der Waals surface area contributed by atoms with Crippen molar-refractivity contribution < 1.29 is 18.0 Å². The topological polar surface area (TPSA) is 59.0 Å². The molecule has 2 atom stereocenters. The zero-order valence-electron chi connectivity index (χ0n) is 15.8. The average molecular weight is 455 g/mol. The van der Waals surface area contributed by atoms with E-state index in [1.54, 1.807) is 29.6 Å². The predicted molar refractivity (Wildman–Crippen MR) is 111 cm³/mol. The summed E-state index contributed by atoms with van der Waals surface area (Å²) in [5, 5.41) is 11.3. The third-order valence-electron chi connectivity index (χ3n) is 5.02. The molecule has 0 fully saturated rings. The van der Waals surface area contributed by atoms with Crippen LogP contribution in [0, 0.1) is 0 Å². The fourth-order valence-corrected chi connectivity index (χ4v) is 4.48. The van der Waals surface area contributed by atoms with Crippen molar-refractivity contribution in [2.24, 2.45) is 0 Å². The second-order valence-corrected chi connectivity index (χ2v) is 8.32. The van der Waals surface area contributed by atoms with Gasteiger partial charge in [0.2, 0.25) is 0 Å². The van der Waals surface area contributed by atoms with Gasteiger partial charge in [0.05, 0.1) is 6.04 Å². The van der Waals surface area contributed by atoms with Gasteiger partial charge in [-0.05, 0) is 35.6 Å². The lowest BCUT2D eigenvalue weighted by molar-refractivity contribution is -0.173. The van der Waals surface area contributed by atoms with E-state index in [9.17, 15) is 18.0 Å². The van der Waals surface area contributed by atoms with E-state index in [4.69, 9.17) is 11.6 Å². The van der Waals surface area contributed by atoms with Crippen molar-refractivity contribution in [3.05, 3.63) is 62.9 Å². The summed E-state index contributed by atoms with van der Waals surface area (Å²) in [6, 6.07) is 8.27. The highest BCUT2D eigenvalue weighted by Gasteiger charge is 2.48. The Morgan fingerprint density at radius 3 is 2.67 bits per heavy atom. The van der Waals surface area contributed by atoms with Crippen LogP contribution in [0.25, 0.3) is 0 Å². The maximum absolute atomic E-state index is 13.8. The minimum Gasteiger partial charge on any atom is -0.361 e.